The smallest absolute Gasteiger partial charge is 0.256 e. The van der Waals surface area contributed by atoms with E-state index in [-0.39, 0.29) is 23.5 Å². The van der Waals surface area contributed by atoms with Gasteiger partial charge in [0.15, 0.2) is 5.16 Å². The van der Waals surface area contributed by atoms with Crippen LogP contribution in [-0.2, 0) is 11.3 Å². The number of aromatic nitrogens is 4. The van der Waals surface area contributed by atoms with E-state index in [0.717, 1.165) is 24.2 Å². The number of rotatable bonds is 6. The number of halogens is 1. The molecule has 2 heterocycles. The summed E-state index contributed by atoms with van der Waals surface area (Å²) in [6.45, 7) is 4.18. The van der Waals surface area contributed by atoms with Crippen LogP contribution in [0.5, 0.6) is 0 Å². The molecule has 0 N–H and O–H groups in total. The summed E-state index contributed by atoms with van der Waals surface area (Å²) in [4.78, 5) is 19.0. The highest BCUT2D eigenvalue weighted by molar-refractivity contribution is 7.99. The van der Waals surface area contributed by atoms with Gasteiger partial charge in [-0.3, -0.25) is 9.20 Å². The minimum atomic E-state index is -0.274. The second kappa shape index (κ2) is 7.26. The third-order valence-electron chi connectivity index (χ3n) is 4.59. The Balaban J connectivity index is 1.49. The molecule has 0 aliphatic heterocycles. The molecule has 0 unspecified atom stereocenters. The quantitative estimate of drug-likeness (QED) is 0.610. The first-order chi connectivity index (χ1) is 13.0. The van der Waals surface area contributed by atoms with E-state index >= 15 is 0 Å². The van der Waals surface area contributed by atoms with Crippen molar-refractivity contribution in [2.24, 2.45) is 0 Å². The number of thioether (sulfide) groups is 1. The molecule has 1 aliphatic rings. The van der Waals surface area contributed by atoms with Crippen LogP contribution in [0.25, 0.3) is 5.78 Å². The Hall–Kier alpha value is -2.48. The predicted molar refractivity (Wildman–Crippen MR) is 101 cm³/mol. The van der Waals surface area contributed by atoms with Crippen LogP contribution in [0.15, 0.2) is 35.5 Å². The molecule has 27 heavy (non-hydrogen) atoms. The van der Waals surface area contributed by atoms with E-state index in [1.165, 1.54) is 17.8 Å². The fraction of sp³-hybridized carbons (Fsp3) is 0.368. The first-order valence-electron chi connectivity index (χ1n) is 8.88. The number of hydrogen-bond donors (Lipinski definition) is 0. The maximum Gasteiger partial charge on any atom is 0.256 e. The summed E-state index contributed by atoms with van der Waals surface area (Å²) in [5.74, 6) is 0.483. The zero-order chi connectivity index (χ0) is 19.0. The molecule has 3 aromatic rings. The molecule has 0 radical (unpaired) electrons. The van der Waals surface area contributed by atoms with Gasteiger partial charge in [0, 0.05) is 29.5 Å². The fourth-order valence-electron chi connectivity index (χ4n) is 3.12. The van der Waals surface area contributed by atoms with Gasteiger partial charge in [0.25, 0.3) is 5.78 Å². The first-order valence-corrected chi connectivity index (χ1v) is 9.86. The lowest BCUT2D eigenvalue weighted by atomic mass is 10.2. The maximum atomic E-state index is 14.0. The first kappa shape index (κ1) is 17.9. The summed E-state index contributed by atoms with van der Waals surface area (Å²) in [7, 11) is 0. The number of carbonyl (C=O) groups is 1. The standard InChI is InChI=1S/C19H20FN5OS/c1-12-9-13(2)25-18(21-12)22-23-19(25)27-11-17(26)24(15-7-8-15)10-14-5-3-4-6-16(14)20/h3-6,9,15H,7-8,10-11H2,1-2H3. The van der Waals surface area contributed by atoms with Crippen LogP contribution < -0.4 is 0 Å². The van der Waals surface area contributed by atoms with Gasteiger partial charge in [-0.2, -0.15) is 0 Å². The van der Waals surface area contributed by atoms with Crippen molar-refractivity contribution in [3.63, 3.8) is 0 Å². The monoisotopic (exact) mass is 385 g/mol. The average molecular weight is 385 g/mol. The van der Waals surface area contributed by atoms with E-state index < -0.39 is 0 Å². The lowest BCUT2D eigenvalue weighted by Crippen LogP contribution is -2.34. The van der Waals surface area contributed by atoms with Gasteiger partial charge >= 0.3 is 0 Å². The van der Waals surface area contributed by atoms with Crippen molar-refractivity contribution in [2.75, 3.05) is 5.75 Å². The van der Waals surface area contributed by atoms with Crippen molar-refractivity contribution in [1.82, 2.24) is 24.5 Å². The minimum Gasteiger partial charge on any atom is -0.335 e. The lowest BCUT2D eigenvalue weighted by molar-refractivity contribution is -0.129. The summed E-state index contributed by atoms with van der Waals surface area (Å²) in [6.07, 6.45) is 1.95. The van der Waals surface area contributed by atoms with E-state index in [2.05, 4.69) is 15.2 Å². The predicted octanol–water partition coefficient (Wildman–Crippen LogP) is 3.16. The molecule has 1 fully saturated rings. The maximum absolute atomic E-state index is 14.0. The summed E-state index contributed by atoms with van der Waals surface area (Å²) in [5, 5.41) is 8.91. The van der Waals surface area contributed by atoms with Crippen LogP contribution in [0.4, 0.5) is 4.39 Å². The number of aryl methyl sites for hydroxylation is 2. The summed E-state index contributed by atoms with van der Waals surface area (Å²) in [5.41, 5.74) is 2.40. The van der Waals surface area contributed by atoms with Gasteiger partial charge in [0.2, 0.25) is 5.91 Å². The average Bonchev–Trinajstić information content (AvgIpc) is 3.39. The molecule has 1 saturated carbocycles. The van der Waals surface area contributed by atoms with Gasteiger partial charge in [0.1, 0.15) is 5.82 Å². The van der Waals surface area contributed by atoms with Crippen LogP contribution in [0.2, 0.25) is 0 Å². The highest BCUT2D eigenvalue weighted by Gasteiger charge is 2.33. The van der Waals surface area contributed by atoms with Crippen molar-refractivity contribution in [1.29, 1.82) is 0 Å². The number of benzene rings is 1. The summed E-state index contributed by atoms with van der Waals surface area (Å²) < 4.78 is 15.8. The molecule has 4 rings (SSSR count). The van der Waals surface area contributed by atoms with E-state index in [0.29, 0.717) is 23.0 Å². The van der Waals surface area contributed by atoms with Crippen LogP contribution in [0.1, 0.15) is 29.8 Å². The number of nitrogens with zero attached hydrogens (tertiary/aromatic N) is 5. The Bertz CT molecular complexity index is 1000. The van der Waals surface area contributed by atoms with Crippen molar-refractivity contribution in [2.45, 2.75) is 44.4 Å². The van der Waals surface area contributed by atoms with E-state index in [1.54, 1.807) is 23.1 Å². The molecule has 0 bridgehead atoms. The second-order valence-electron chi connectivity index (χ2n) is 6.79. The largest absolute Gasteiger partial charge is 0.335 e. The van der Waals surface area contributed by atoms with Crippen LogP contribution in [0.3, 0.4) is 0 Å². The van der Waals surface area contributed by atoms with Crippen molar-refractivity contribution in [3.8, 4) is 0 Å². The zero-order valence-corrected chi connectivity index (χ0v) is 16.0. The molecule has 0 atom stereocenters. The Morgan fingerprint density at radius 3 is 2.81 bits per heavy atom. The van der Waals surface area contributed by atoms with Crippen molar-refractivity contribution in [3.05, 3.63) is 53.1 Å². The van der Waals surface area contributed by atoms with Gasteiger partial charge in [-0.15, -0.1) is 10.2 Å². The molecule has 1 aliphatic carbocycles. The second-order valence-corrected chi connectivity index (χ2v) is 7.73. The number of carbonyl (C=O) groups excluding carboxylic acids is 1. The molecule has 140 valence electrons. The van der Waals surface area contributed by atoms with Gasteiger partial charge < -0.3 is 4.90 Å². The SMILES string of the molecule is Cc1cc(C)n2c(SCC(=O)N(Cc3ccccc3F)C3CC3)nnc2n1. The van der Waals surface area contributed by atoms with Crippen LogP contribution in [0, 0.1) is 19.7 Å². The number of amides is 1. The van der Waals surface area contributed by atoms with Crippen molar-refractivity contribution < 1.29 is 9.18 Å². The molecule has 2 aromatic heterocycles. The molecule has 6 nitrogen and oxygen atoms in total. The topological polar surface area (TPSA) is 63.4 Å². The normalized spacial score (nSPS) is 13.9. The summed E-state index contributed by atoms with van der Waals surface area (Å²) >= 11 is 1.34. The van der Waals surface area contributed by atoms with Gasteiger partial charge in [-0.25, -0.2) is 9.37 Å². The van der Waals surface area contributed by atoms with Gasteiger partial charge in [-0.1, -0.05) is 30.0 Å². The summed E-state index contributed by atoms with van der Waals surface area (Å²) in [6, 6.07) is 8.78. The lowest BCUT2D eigenvalue weighted by Gasteiger charge is -2.22. The Morgan fingerprint density at radius 1 is 1.30 bits per heavy atom. The minimum absolute atomic E-state index is 0.0137. The Morgan fingerprint density at radius 2 is 2.07 bits per heavy atom. The van der Waals surface area contributed by atoms with Gasteiger partial charge in [-0.05, 0) is 38.8 Å². The molecular formula is C19H20FN5OS. The zero-order valence-electron chi connectivity index (χ0n) is 15.2. The number of hydrogen-bond acceptors (Lipinski definition) is 5. The molecule has 1 aromatic carbocycles. The highest BCUT2D eigenvalue weighted by atomic mass is 32.2. The molecule has 1 amide bonds. The Kier molecular flexibility index (Phi) is 4.82. The molecule has 0 saturated heterocycles. The highest BCUT2D eigenvalue weighted by Crippen LogP contribution is 2.30. The third kappa shape index (κ3) is 3.80. The van der Waals surface area contributed by atoms with Crippen molar-refractivity contribution >= 4 is 23.4 Å². The number of fused-ring (bicyclic) bond motifs is 1. The van der Waals surface area contributed by atoms with Crippen LogP contribution in [-0.4, -0.2) is 42.2 Å². The molecular weight excluding hydrogens is 365 g/mol. The Labute approximate surface area is 160 Å². The fourth-order valence-corrected chi connectivity index (χ4v) is 3.99. The van der Waals surface area contributed by atoms with E-state index in [1.807, 2.05) is 24.3 Å². The molecule has 0 spiro atoms. The van der Waals surface area contributed by atoms with Gasteiger partial charge in [0.05, 0.1) is 5.75 Å². The third-order valence-corrected chi connectivity index (χ3v) is 5.51. The van der Waals surface area contributed by atoms with Crippen LogP contribution >= 0.6 is 11.8 Å². The van der Waals surface area contributed by atoms with E-state index in [4.69, 9.17) is 0 Å². The van der Waals surface area contributed by atoms with E-state index in [9.17, 15) is 9.18 Å². The molecule has 8 heteroatoms.